The van der Waals surface area contributed by atoms with Crippen molar-refractivity contribution in [1.29, 1.82) is 0 Å². The molecule has 0 aliphatic carbocycles. The van der Waals surface area contributed by atoms with Crippen LogP contribution in [0.1, 0.15) is 38.3 Å². The predicted molar refractivity (Wildman–Crippen MR) is 88.8 cm³/mol. The maximum atomic E-state index is 11.8. The number of piperidine rings is 1. The zero-order chi connectivity index (χ0) is 16.7. The van der Waals surface area contributed by atoms with Crippen LogP contribution in [0.2, 0.25) is 0 Å². The fourth-order valence-corrected chi connectivity index (χ4v) is 2.93. The van der Waals surface area contributed by atoms with E-state index >= 15 is 0 Å². The van der Waals surface area contributed by atoms with E-state index in [2.05, 4.69) is 29.3 Å². The van der Waals surface area contributed by atoms with Crippen molar-refractivity contribution in [3.05, 3.63) is 35.9 Å². The first-order chi connectivity index (χ1) is 11.1. The van der Waals surface area contributed by atoms with E-state index in [1.807, 2.05) is 18.2 Å². The van der Waals surface area contributed by atoms with Gasteiger partial charge < -0.3 is 10.1 Å². The summed E-state index contributed by atoms with van der Waals surface area (Å²) in [6.07, 6.45) is 2.32. The monoisotopic (exact) mass is 318 g/mol. The fraction of sp³-hybridized carbons (Fsp3) is 0.556. The van der Waals surface area contributed by atoms with Crippen LogP contribution in [-0.2, 0) is 14.3 Å². The molecule has 1 amide bonds. The third kappa shape index (κ3) is 5.06. The Balaban J connectivity index is 2.02. The maximum Gasteiger partial charge on any atom is 0.396 e. The second-order valence-electron chi connectivity index (χ2n) is 6.08. The van der Waals surface area contributed by atoms with Gasteiger partial charge in [-0.05, 0) is 44.3 Å². The van der Waals surface area contributed by atoms with E-state index in [9.17, 15) is 9.59 Å². The molecule has 0 saturated carbocycles. The summed E-state index contributed by atoms with van der Waals surface area (Å²) in [7, 11) is 0. The molecule has 1 heterocycles. The van der Waals surface area contributed by atoms with Crippen molar-refractivity contribution in [2.75, 3.05) is 26.2 Å². The lowest BCUT2D eigenvalue weighted by molar-refractivity contribution is -0.154. The van der Waals surface area contributed by atoms with Crippen LogP contribution in [0.15, 0.2) is 30.3 Å². The third-order valence-corrected chi connectivity index (χ3v) is 4.36. The molecule has 0 spiro atoms. The quantitative estimate of drug-likeness (QED) is 0.667. The Bertz CT molecular complexity index is 510. The fourth-order valence-electron chi connectivity index (χ4n) is 2.93. The Hall–Kier alpha value is -1.88. The molecule has 5 nitrogen and oxygen atoms in total. The second-order valence-corrected chi connectivity index (χ2v) is 6.08. The Kier molecular flexibility index (Phi) is 6.59. The van der Waals surface area contributed by atoms with Crippen molar-refractivity contribution >= 4 is 11.9 Å². The van der Waals surface area contributed by atoms with E-state index in [1.54, 1.807) is 6.92 Å². The summed E-state index contributed by atoms with van der Waals surface area (Å²) in [5.41, 5.74) is 1.16. The summed E-state index contributed by atoms with van der Waals surface area (Å²) in [5.74, 6) is -0.735. The number of nitrogens with zero attached hydrogens (tertiary/aromatic N) is 1. The van der Waals surface area contributed by atoms with Gasteiger partial charge in [-0.3, -0.25) is 9.69 Å². The largest absolute Gasteiger partial charge is 0.459 e. The van der Waals surface area contributed by atoms with E-state index in [0.29, 0.717) is 6.54 Å². The van der Waals surface area contributed by atoms with E-state index < -0.39 is 11.9 Å². The molecule has 0 aromatic heterocycles. The van der Waals surface area contributed by atoms with E-state index in [-0.39, 0.29) is 12.6 Å². The number of rotatable bonds is 5. The van der Waals surface area contributed by atoms with Crippen molar-refractivity contribution in [2.45, 2.75) is 32.7 Å². The topological polar surface area (TPSA) is 58.6 Å². The van der Waals surface area contributed by atoms with Gasteiger partial charge in [0.2, 0.25) is 0 Å². The van der Waals surface area contributed by atoms with Gasteiger partial charge in [0.1, 0.15) is 0 Å². The highest BCUT2D eigenvalue weighted by Gasteiger charge is 2.26. The van der Waals surface area contributed by atoms with Gasteiger partial charge in [0, 0.05) is 6.54 Å². The molecule has 1 aliphatic heterocycles. The molecule has 0 bridgehead atoms. The maximum absolute atomic E-state index is 11.8. The minimum atomic E-state index is -0.813. The number of carbonyl (C=O) groups excluding carboxylic acids is 2. The van der Waals surface area contributed by atoms with Crippen LogP contribution in [0.5, 0.6) is 0 Å². The molecule has 1 fully saturated rings. The molecule has 2 rings (SSSR count). The lowest BCUT2D eigenvalue weighted by atomic mass is 9.95. The lowest BCUT2D eigenvalue weighted by Gasteiger charge is -2.37. The average Bonchev–Trinajstić information content (AvgIpc) is 2.57. The van der Waals surface area contributed by atoms with Crippen molar-refractivity contribution in [1.82, 2.24) is 10.2 Å². The van der Waals surface area contributed by atoms with Crippen molar-refractivity contribution in [2.24, 2.45) is 5.92 Å². The second kappa shape index (κ2) is 8.67. The molecule has 1 saturated heterocycles. The molecule has 126 valence electrons. The van der Waals surface area contributed by atoms with Crippen molar-refractivity contribution in [3.63, 3.8) is 0 Å². The highest BCUT2D eigenvalue weighted by Crippen LogP contribution is 2.26. The number of hydrogen-bond acceptors (Lipinski definition) is 4. The van der Waals surface area contributed by atoms with Gasteiger partial charge >= 0.3 is 11.9 Å². The summed E-state index contributed by atoms with van der Waals surface area (Å²) in [6, 6.07) is 10.2. The SMILES string of the molecule is CCOC(=O)C(=O)NCC(c1ccccc1)N1CCC(C)CC1. The van der Waals surface area contributed by atoms with Crippen LogP contribution in [0.25, 0.3) is 0 Å². The Labute approximate surface area is 138 Å². The summed E-state index contributed by atoms with van der Waals surface area (Å²) in [6.45, 7) is 6.60. The first kappa shape index (κ1) is 17.5. The molecule has 1 unspecified atom stereocenters. The molecule has 5 heteroatoms. The molecule has 1 N–H and O–H groups in total. The molecular formula is C18H26N2O3. The summed E-state index contributed by atoms with van der Waals surface area (Å²) in [5, 5.41) is 2.72. The van der Waals surface area contributed by atoms with Crippen LogP contribution in [0.3, 0.4) is 0 Å². The molecular weight excluding hydrogens is 292 g/mol. The molecule has 0 radical (unpaired) electrons. The number of likely N-dealkylation sites (tertiary alicyclic amines) is 1. The van der Waals surface area contributed by atoms with E-state index in [0.717, 1.165) is 37.4 Å². The minimum absolute atomic E-state index is 0.0853. The third-order valence-electron chi connectivity index (χ3n) is 4.36. The highest BCUT2D eigenvalue weighted by atomic mass is 16.5. The summed E-state index contributed by atoms with van der Waals surface area (Å²) < 4.78 is 4.74. The molecule has 1 aromatic rings. The number of amides is 1. The molecule has 1 atom stereocenters. The number of esters is 1. The first-order valence-electron chi connectivity index (χ1n) is 8.35. The number of nitrogens with one attached hydrogen (secondary N) is 1. The van der Waals surface area contributed by atoms with Crippen LogP contribution in [0, 0.1) is 5.92 Å². The molecule has 23 heavy (non-hydrogen) atoms. The number of ether oxygens (including phenoxy) is 1. The van der Waals surface area contributed by atoms with Gasteiger partial charge in [-0.2, -0.15) is 0 Å². The first-order valence-corrected chi connectivity index (χ1v) is 8.35. The van der Waals surface area contributed by atoms with Gasteiger partial charge in [-0.1, -0.05) is 37.3 Å². The number of benzene rings is 1. The van der Waals surface area contributed by atoms with Gasteiger partial charge in [-0.25, -0.2) is 4.79 Å². The number of hydrogen-bond donors (Lipinski definition) is 1. The van der Waals surface area contributed by atoms with E-state index in [1.165, 1.54) is 0 Å². The summed E-state index contributed by atoms with van der Waals surface area (Å²) in [4.78, 5) is 25.7. The van der Waals surface area contributed by atoms with E-state index in [4.69, 9.17) is 4.74 Å². The smallest absolute Gasteiger partial charge is 0.396 e. The lowest BCUT2D eigenvalue weighted by Crippen LogP contribution is -2.43. The minimum Gasteiger partial charge on any atom is -0.459 e. The Morgan fingerprint density at radius 3 is 2.52 bits per heavy atom. The standard InChI is InChI=1S/C18H26N2O3/c1-3-23-18(22)17(21)19-13-16(15-7-5-4-6-8-15)20-11-9-14(2)10-12-20/h4-8,14,16H,3,9-13H2,1-2H3,(H,19,21). The van der Waals surface area contributed by atoms with Crippen LogP contribution in [0.4, 0.5) is 0 Å². The molecule has 1 aliphatic rings. The molecule has 1 aromatic carbocycles. The van der Waals surface area contributed by atoms with Gasteiger partial charge in [0.05, 0.1) is 12.6 Å². The van der Waals surface area contributed by atoms with Crippen LogP contribution < -0.4 is 5.32 Å². The predicted octanol–water partition coefficient (Wildman–Crippen LogP) is 2.14. The van der Waals surface area contributed by atoms with Gasteiger partial charge in [0.25, 0.3) is 0 Å². The zero-order valence-corrected chi connectivity index (χ0v) is 14.0. The zero-order valence-electron chi connectivity index (χ0n) is 14.0. The average molecular weight is 318 g/mol. The van der Waals surface area contributed by atoms with Gasteiger partial charge in [-0.15, -0.1) is 0 Å². The number of carbonyl (C=O) groups is 2. The Morgan fingerprint density at radius 2 is 1.91 bits per heavy atom. The highest BCUT2D eigenvalue weighted by molar-refractivity contribution is 6.32. The normalized spacial score (nSPS) is 17.5. The van der Waals surface area contributed by atoms with Crippen LogP contribution in [-0.4, -0.2) is 43.0 Å². The van der Waals surface area contributed by atoms with Gasteiger partial charge in [0.15, 0.2) is 0 Å². The van der Waals surface area contributed by atoms with Crippen molar-refractivity contribution in [3.8, 4) is 0 Å². The van der Waals surface area contributed by atoms with Crippen molar-refractivity contribution < 1.29 is 14.3 Å². The van der Waals surface area contributed by atoms with Crippen LogP contribution >= 0.6 is 0 Å². The summed E-state index contributed by atoms with van der Waals surface area (Å²) >= 11 is 0. The Morgan fingerprint density at radius 1 is 1.26 bits per heavy atom.